The van der Waals surface area contributed by atoms with E-state index in [1.165, 1.54) is 0 Å². The lowest BCUT2D eigenvalue weighted by molar-refractivity contribution is 0.0540. The Morgan fingerprint density at radius 3 is 2.45 bits per heavy atom. The first-order chi connectivity index (χ1) is 5.27. The molecule has 0 aliphatic rings. The third-order valence-corrected chi connectivity index (χ3v) is 1.37. The molecule has 68 valence electrons. The van der Waals surface area contributed by atoms with Crippen LogP contribution < -0.4 is 0 Å². The summed E-state index contributed by atoms with van der Waals surface area (Å²) in [5.41, 5.74) is 0. The molecule has 0 aromatic rings. The Morgan fingerprint density at radius 2 is 1.91 bits per heavy atom. The maximum Gasteiger partial charge on any atom is 0.206 e. The lowest BCUT2D eigenvalue weighted by Gasteiger charge is -2.04. The van der Waals surface area contributed by atoms with Crippen LogP contribution in [0.4, 0.5) is 0 Å². The van der Waals surface area contributed by atoms with Gasteiger partial charge < -0.3 is 9.47 Å². The van der Waals surface area contributed by atoms with Crippen LogP contribution in [0.25, 0.3) is 0 Å². The van der Waals surface area contributed by atoms with Gasteiger partial charge in [-0.15, -0.1) is 0 Å². The Kier molecular flexibility index (Phi) is 8.99. The fourth-order valence-corrected chi connectivity index (χ4v) is 0.723. The average Bonchev–Trinajstić information content (AvgIpc) is 1.96. The molecule has 11 heavy (non-hydrogen) atoms. The molecule has 0 saturated carbocycles. The molecule has 0 saturated heterocycles. The van der Waals surface area contributed by atoms with Crippen LogP contribution in [0.5, 0.6) is 0 Å². The van der Waals surface area contributed by atoms with Crippen molar-refractivity contribution in [3.8, 4) is 0 Å². The lowest BCUT2D eigenvalue weighted by Crippen LogP contribution is -2.07. The van der Waals surface area contributed by atoms with E-state index in [2.05, 4.69) is 6.92 Å². The van der Waals surface area contributed by atoms with Crippen molar-refractivity contribution in [2.75, 3.05) is 19.8 Å². The van der Waals surface area contributed by atoms with Crippen molar-refractivity contribution in [1.82, 2.24) is 0 Å². The molecule has 0 aliphatic carbocycles. The number of hydrogen-bond acceptors (Lipinski definition) is 2. The van der Waals surface area contributed by atoms with Gasteiger partial charge in [-0.05, 0) is 6.42 Å². The molecule has 0 rings (SSSR count). The molecule has 0 unspecified atom stereocenters. The molecular weight excluding hydrogens is 187 g/mol. The van der Waals surface area contributed by atoms with Gasteiger partial charge >= 0.3 is 0 Å². The molecule has 4 heteroatoms. The van der Waals surface area contributed by atoms with Gasteiger partial charge in [0.1, 0.15) is 0 Å². The number of halogens is 2. The van der Waals surface area contributed by atoms with Crippen LogP contribution >= 0.6 is 23.2 Å². The van der Waals surface area contributed by atoms with Crippen LogP contribution in [0.15, 0.2) is 0 Å². The summed E-state index contributed by atoms with van der Waals surface area (Å²) in [6.45, 7) is 3.93. The minimum atomic E-state index is -0.732. The summed E-state index contributed by atoms with van der Waals surface area (Å²) in [7, 11) is 0. The monoisotopic (exact) mass is 200 g/mol. The molecular formula is C7H14Cl2O2. The van der Waals surface area contributed by atoms with E-state index in [9.17, 15) is 0 Å². The second-order valence-corrected chi connectivity index (χ2v) is 3.11. The van der Waals surface area contributed by atoms with Gasteiger partial charge in [0.25, 0.3) is 0 Å². The largest absolute Gasteiger partial charge is 0.379 e. The summed E-state index contributed by atoms with van der Waals surface area (Å²) < 4.78 is 10.0. The molecule has 0 spiro atoms. The number of ether oxygens (including phenoxy) is 2. The van der Waals surface area contributed by atoms with Crippen LogP contribution in [-0.4, -0.2) is 24.8 Å². The van der Waals surface area contributed by atoms with E-state index in [0.29, 0.717) is 13.2 Å². The minimum Gasteiger partial charge on any atom is -0.379 e. The third kappa shape index (κ3) is 10.5. The van der Waals surface area contributed by atoms with Crippen molar-refractivity contribution in [2.24, 2.45) is 0 Å². The van der Waals surface area contributed by atoms with Crippen molar-refractivity contribution >= 4 is 23.2 Å². The predicted octanol–water partition coefficient (Wildman–Crippen LogP) is 2.58. The lowest BCUT2D eigenvalue weighted by atomic mass is 10.4. The minimum absolute atomic E-state index is 0.460. The van der Waals surface area contributed by atoms with Gasteiger partial charge in [-0.25, -0.2) is 0 Å². The molecule has 0 atom stereocenters. The van der Waals surface area contributed by atoms with Crippen molar-refractivity contribution in [3.63, 3.8) is 0 Å². The van der Waals surface area contributed by atoms with Crippen LogP contribution in [0.3, 0.4) is 0 Å². The van der Waals surface area contributed by atoms with Gasteiger partial charge in [0.15, 0.2) is 0 Å². The standard InChI is InChI=1S/C7H14Cl2O2/c1-2-3-4-10-5-6-11-7(8)9/h7H,2-6H2,1H3. The van der Waals surface area contributed by atoms with Gasteiger partial charge in [-0.2, -0.15) is 0 Å². The fourth-order valence-electron chi connectivity index (χ4n) is 0.545. The molecule has 0 aromatic heterocycles. The highest BCUT2D eigenvalue weighted by Crippen LogP contribution is 2.02. The van der Waals surface area contributed by atoms with E-state index in [0.717, 1.165) is 19.4 Å². The highest BCUT2D eigenvalue weighted by Gasteiger charge is 1.95. The summed E-state index contributed by atoms with van der Waals surface area (Å²) >= 11 is 10.6. The van der Waals surface area contributed by atoms with Crippen LogP contribution in [-0.2, 0) is 9.47 Å². The molecule has 0 aromatic carbocycles. The maximum atomic E-state index is 5.31. The fraction of sp³-hybridized carbons (Fsp3) is 1.00. The third-order valence-electron chi connectivity index (χ3n) is 1.11. The topological polar surface area (TPSA) is 18.5 Å². The van der Waals surface area contributed by atoms with Gasteiger partial charge in [0, 0.05) is 6.61 Å². The molecule has 0 N–H and O–H groups in total. The molecule has 0 amide bonds. The summed E-state index contributed by atoms with van der Waals surface area (Å²) in [6.07, 6.45) is 2.24. The summed E-state index contributed by atoms with van der Waals surface area (Å²) in [6, 6.07) is 0. The average molecular weight is 201 g/mol. The van der Waals surface area contributed by atoms with E-state index in [4.69, 9.17) is 32.7 Å². The SMILES string of the molecule is CCCCOCCOC(Cl)Cl. The summed E-state index contributed by atoms with van der Waals surface area (Å²) in [4.78, 5) is 0. The summed E-state index contributed by atoms with van der Waals surface area (Å²) in [5, 5.41) is -0.732. The molecule has 0 bridgehead atoms. The Bertz CT molecular complexity index is 78.8. The molecule has 0 radical (unpaired) electrons. The van der Waals surface area contributed by atoms with E-state index >= 15 is 0 Å². The van der Waals surface area contributed by atoms with Gasteiger partial charge in [-0.3, -0.25) is 0 Å². The number of unbranched alkanes of at least 4 members (excludes halogenated alkanes) is 1. The van der Waals surface area contributed by atoms with Crippen molar-refractivity contribution in [1.29, 1.82) is 0 Å². The number of rotatable bonds is 7. The zero-order valence-electron chi connectivity index (χ0n) is 6.69. The zero-order chi connectivity index (χ0) is 8.53. The highest BCUT2D eigenvalue weighted by atomic mass is 35.5. The van der Waals surface area contributed by atoms with Crippen LogP contribution in [0.2, 0.25) is 0 Å². The first-order valence-electron chi connectivity index (χ1n) is 3.75. The number of hydrogen-bond donors (Lipinski definition) is 0. The van der Waals surface area contributed by atoms with Crippen molar-refractivity contribution < 1.29 is 9.47 Å². The zero-order valence-corrected chi connectivity index (χ0v) is 8.20. The Balaban J connectivity index is 2.80. The first-order valence-corrected chi connectivity index (χ1v) is 4.62. The van der Waals surface area contributed by atoms with Gasteiger partial charge in [0.2, 0.25) is 5.02 Å². The quantitative estimate of drug-likeness (QED) is 0.465. The smallest absolute Gasteiger partial charge is 0.206 e. The first kappa shape index (κ1) is 11.5. The predicted molar refractivity (Wildman–Crippen MR) is 47.2 cm³/mol. The van der Waals surface area contributed by atoms with Gasteiger partial charge in [-0.1, -0.05) is 36.5 Å². The molecule has 0 fully saturated rings. The molecule has 2 nitrogen and oxygen atoms in total. The van der Waals surface area contributed by atoms with Crippen LogP contribution in [0, 0.1) is 0 Å². The maximum absolute atomic E-state index is 5.31. The van der Waals surface area contributed by atoms with Crippen molar-refractivity contribution in [3.05, 3.63) is 0 Å². The Labute approximate surface area is 77.8 Å². The molecule has 0 heterocycles. The van der Waals surface area contributed by atoms with E-state index in [1.54, 1.807) is 0 Å². The molecule has 0 aliphatic heterocycles. The normalized spacial score (nSPS) is 10.9. The van der Waals surface area contributed by atoms with E-state index in [-0.39, 0.29) is 0 Å². The van der Waals surface area contributed by atoms with E-state index < -0.39 is 5.02 Å². The van der Waals surface area contributed by atoms with Gasteiger partial charge in [0.05, 0.1) is 13.2 Å². The van der Waals surface area contributed by atoms with Crippen LogP contribution in [0.1, 0.15) is 19.8 Å². The highest BCUT2D eigenvalue weighted by molar-refractivity contribution is 6.43. The second kappa shape index (κ2) is 8.60. The summed E-state index contributed by atoms with van der Waals surface area (Å²) in [5.74, 6) is 0. The van der Waals surface area contributed by atoms with Crippen molar-refractivity contribution in [2.45, 2.75) is 24.8 Å². The van der Waals surface area contributed by atoms with E-state index in [1.807, 2.05) is 0 Å². The number of alkyl halides is 2. The Morgan fingerprint density at radius 1 is 1.18 bits per heavy atom. The second-order valence-electron chi connectivity index (χ2n) is 2.10. The Hall–Kier alpha value is 0.500.